The number of benzene rings is 1. The van der Waals surface area contributed by atoms with E-state index in [1.807, 2.05) is 26.2 Å². The van der Waals surface area contributed by atoms with Gasteiger partial charge in [-0.3, -0.25) is 4.79 Å². The molecule has 1 heterocycles. The summed E-state index contributed by atoms with van der Waals surface area (Å²) in [6, 6.07) is 5.47. The molecule has 4 saturated carbocycles. The van der Waals surface area contributed by atoms with Crippen molar-refractivity contribution >= 4 is 28.4 Å². The van der Waals surface area contributed by atoms with E-state index in [1.54, 1.807) is 10.9 Å². The highest BCUT2D eigenvalue weighted by Gasteiger charge is 2.63. The van der Waals surface area contributed by atoms with Gasteiger partial charge < -0.3 is 9.84 Å². The minimum atomic E-state index is -0.542. The molecule has 4 aliphatic rings. The minimum Gasteiger partial charge on any atom is -0.390 e. The number of nitrogens with zero attached hydrogens (tertiary/aromatic N) is 3. The van der Waals surface area contributed by atoms with Gasteiger partial charge in [0.1, 0.15) is 17.6 Å². The highest BCUT2D eigenvalue weighted by Crippen LogP contribution is 2.68. The SMILES string of the molecule is COCC12CC[C@@](C)(O)C[C@@H]1CCC1[C@@H]3CC[C@H](C(=O)Cn4nc5ccc(Cl)cc5n4)C3(C)CC[C@@H]12. The van der Waals surface area contributed by atoms with Crippen molar-refractivity contribution in [1.82, 2.24) is 15.0 Å². The molecule has 0 radical (unpaired) electrons. The molecule has 1 aromatic heterocycles. The smallest absolute Gasteiger partial charge is 0.159 e. The van der Waals surface area contributed by atoms with Crippen LogP contribution in [0.25, 0.3) is 11.0 Å². The third-order valence-electron chi connectivity index (χ3n) is 11.1. The van der Waals surface area contributed by atoms with Crippen molar-refractivity contribution in [2.45, 2.75) is 83.8 Å². The second-order valence-corrected chi connectivity index (χ2v) is 13.5. The summed E-state index contributed by atoms with van der Waals surface area (Å²) in [6.45, 7) is 5.46. The van der Waals surface area contributed by atoms with Crippen molar-refractivity contribution in [3.63, 3.8) is 0 Å². The third-order valence-corrected chi connectivity index (χ3v) is 11.4. The topological polar surface area (TPSA) is 77.2 Å². The minimum absolute atomic E-state index is 0.0510. The first-order valence-corrected chi connectivity index (χ1v) is 14.3. The number of aromatic nitrogens is 3. The van der Waals surface area contributed by atoms with E-state index in [0.717, 1.165) is 56.2 Å². The zero-order valence-electron chi connectivity index (χ0n) is 21.9. The van der Waals surface area contributed by atoms with Gasteiger partial charge in [0.2, 0.25) is 0 Å². The van der Waals surface area contributed by atoms with Gasteiger partial charge in [-0.25, -0.2) is 0 Å². The van der Waals surface area contributed by atoms with Crippen molar-refractivity contribution < 1.29 is 14.6 Å². The van der Waals surface area contributed by atoms with Gasteiger partial charge in [0, 0.05) is 18.1 Å². The Balaban J connectivity index is 1.22. The summed E-state index contributed by atoms with van der Waals surface area (Å²) < 4.78 is 5.89. The van der Waals surface area contributed by atoms with E-state index >= 15 is 0 Å². The first-order chi connectivity index (χ1) is 17.1. The molecule has 0 saturated heterocycles. The number of carbonyl (C=O) groups excluding carboxylic acids is 1. The van der Waals surface area contributed by atoms with E-state index in [0.29, 0.717) is 28.7 Å². The second-order valence-electron chi connectivity index (χ2n) is 13.0. The quantitative estimate of drug-likeness (QED) is 0.555. The summed E-state index contributed by atoms with van der Waals surface area (Å²) in [5.41, 5.74) is 1.20. The monoisotopic (exact) mass is 513 g/mol. The molecule has 6 nitrogen and oxygen atoms in total. The maximum absolute atomic E-state index is 13.7. The standard InChI is InChI=1S/C29H40ClN3O3/c1-27(35)12-13-29(17-36-3)18(15-27)4-6-20-21-7-8-23(28(21,2)11-10-22(20)29)26(34)16-33-31-24-9-5-19(30)14-25(24)32-33/h5,9,14,18,20-23,35H,4,6-8,10-13,15-17H2,1-3H3/t18-,20?,21-,22-,23+,27+,28?,29?/m0/s1. The summed E-state index contributed by atoms with van der Waals surface area (Å²) in [4.78, 5) is 15.2. The largest absolute Gasteiger partial charge is 0.390 e. The van der Waals surface area contributed by atoms with Crippen LogP contribution in [-0.4, -0.2) is 45.2 Å². The molecular formula is C29H40ClN3O3. The Kier molecular flexibility index (Phi) is 6.05. The Labute approximate surface area is 219 Å². The molecule has 4 fully saturated rings. The van der Waals surface area contributed by atoms with Gasteiger partial charge in [-0.15, -0.1) is 0 Å². The van der Waals surface area contributed by atoms with Gasteiger partial charge in [-0.05, 0) is 117 Å². The molecule has 4 aliphatic carbocycles. The maximum Gasteiger partial charge on any atom is 0.159 e. The van der Waals surface area contributed by atoms with Crippen LogP contribution in [0.1, 0.15) is 71.6 Å². The van der Waals surface area contributed by atoms with Gasteiger partial charge in [0.25, 0.3) is 0 Å². The molecule has 3 unspecified atom stereocenters. The maximum atomic E-state index is 13.7. The number of carbonyl (C=O) groups is 1. The fourth-order valence-electron chi connectivity index (χ4n) is 9.56. The number of hydrogen-bond acceptors (Lipinski definition) is 5. The molecule has 0 spiro atoms. The predicted molar refractivity (Wildman–Crippen MR) is 140 cm³/mol. The van der Waals surface area contributed by atoms with Crippen LogP contribution in [-0.2, 0) is 16.1 Å². The first kappa shape index (κ1) is 24.8. The summed E-state index contributed by atoms with van der Waals surface area (Å²) >= 11 is 6.11. The summed E-state index contributed by atoms with van der Waals surface area (Å²) in [6.07, 6.45) is 9.64. The number of ketones is 1. The van der Waals surface area contributed by atoms with E-state index in [4.69, 9.17) is 16.3 Å². The molecule has 0 amide bonds. The van der Waals surface area contributed by atoms with E-state index < -0.39 is 5.60 Å². The van der Waals surface area contributed by atoms with Crippen molar-refractivity contribution in [2.75, 3.05) is 13.7 Å². The van der Waals surface area contributed by atoms with Gasteiger partial charge in [-0.2, -0.15) is 15.0 Å². The van der Waals surface area contributed by atoms with Crippen molar-refractivity contribution in [3.8, 4) is 0 Å². The average Bonchev–Trinajstić information content (AvgIpc) is 3.38. The number of halogens is 1. The molecular weight excluding hydrogens is 474 g/mol. The first-order valence-electron chi connectivity index (χ1n) is 13.9. The van der Waals surface area contributed by atoms with Crippen molar-refractivity contribution in [1.29, 1.82) is 0 Å². The Hall–Kier alpha value is -1.50. The predicted octanol–water partition coefficient (Wildman–Crippen LogP) is 5.69. The Morgan fingerprint density at radius 1 is 1.08 bits per heavy atom. The van der Waals surface area contributed by atoms with E-state index in [2.05, 4.69) is 17.1 Å². The highest BCUT2D eigenvalue weighted by molar-refractivity contribution is 6.31. The number of fused-ring (bicyclic) bond motifs is 6. The zero-order valence-corrected chi connectivity index (χ0v) is 22.6. The van der Waals surface area contributed by atoms with Gasteiger partial charge in [0.15, 0.2) is 5.78 Å². The molecule has 0 bridgehead atoms. The summed E-state index contributed by atoms with van der Waals surface area (Å²) in [5.74, 6) is 2.78. The molecule has 8 atom stereocenters. The molecule has 7 heteroatoms. The lowest BCUT2D eigenvalue weighted by Crippen LogP contribution is -2.58. The van der Waals surface area contributed by atoms with Crippen LogP contribution in [0.2, 0.25) is 5.02 Å². The van der Waals surface area contributed by atoms with Gasteiger partial charge in [-0.1, -0.05) is 18.5 Å². The molecule has 1 N–H and O–H groups in total. The second kappa shape index (κ2) is 8.78. The molecule has 6 rings (SSSR count). The normalized spacial score (nSPS) is 42.1. The fraction of sp³-hybridized carbons (Fsp3) is 0.759. The van der Waals surface area contributed by atoms with Crippen LogP contribution < -0.4 is 0 Å². The van der Waals surface area contributed by atoms with Crippen LogP contribution in [0.4, 0.5) is 0 Å². The molecule has 0 aliphatic heterocycles. The fourth-order valence-corrected chi connectivity index (χ4v) is 9.73. The Morgan fingerprint density at radius 2 is 1.89 bits per heavy atom. The summed E-state index contributed by atoms with van der Waals surface area (Å²) in [7, 11) is 1.85. The van der Waals surface area contributed by atoms with E-state index in [9.17, 15) is 9.90 Å². The van der Waals surface area contributed by atoms with E-state index in [-0.39, 0.29) is 29.1 Å². The number of aliphatic hydroxyl groups is 1. The average molecular weight is 514 g/mol. The van der Waals surface area contributed by atoms with Crippen molar-refractivity contribution in [3.05, 3.63) is 23.2 Å². The van der Waals surface area contributed by atoms with E-state index in [1.165, 1.54) is 19.3 Å². The number of methoxy groups -OCH3 is 1. The lowest BCUT2D eigenvalue weighted by atomic mass is 9.43. The van der Waals surface area contributed by atoms with Crippen LogP contribution in [0.15, 0.2) is 18.2 Å². The Bertz CT molecular complexity index is 1160. The van der Waals surface area contributed by atoms with Gasteiger partial charge >= 0.3 is 0 Å². The molecule has 1 aromatic carbocycles. The third kappa shape index (κ3) is 3.85. The lowest BCUT2D eigenvalue weighted by molar-refractivity contribution is -0.175. The number of Topliss-reactive ketones (excluding diaryl/α,β-unsaturated/α-hetero) is 1. The molecule has 36 heavy (non-hydrogen) atoms. The Morgan fingerprint density at radius 3 is 2.69 bits per heavy atom. The number of hydrogen-bond donors (Lipinski definition) is 1. The van der Waals surface area contributed by atoms with Crippen LogP contribution in [0.5, 0.6) is 0 Å². The highest BCUT2D eigenvalue weighted by atomic mass is 35.5. The van der Waals surface area contributed by atoms with Gasteiger partial charge in [0.05, 0.1) is 12.2 Å². The summed E-state index contributed by atoms with van der Waals surface area (Å²) in [5, 5.41) is 20.6. The molecule has 196 valence electrons. The lowest BCUT2D eigenvalue weighted by Gasteiger charge is -2.62. The van der Waals surface area contributed by atoms with Crippen LogP contribution >= 0.6 is 11.6 Å². The molecule has 2 aromatic rings. The van der Waals surface area contributed by atoms with Crippen LogP contribution in [0, 0.1) is 40.4 Å². The van der Waals surface area contributed by atoms with Crippen LogP contribution in [0.3, 0.4) is 0 Å². The number of rotatable bonds is 5. The zero-order chi connectivity index (χ0) is 25.3. The number of ether oxygens (including phenoxy) is 1. The van der Waals surface area contributed by atoms with Crippen molar-refractivity contribution in [2.24, 2.45) is 40.4 Å².